The number of fused-ring (bicyclic) bond motifs is 4. The Bertz CT molecular complexity index is 648. The maximum absolute atomic E-state index is 5.47. The predicted molar refractivity (Wildman–Crippen MR) is 113 cm³/mol. The van der Waals surface area contributed by atoms with Gasteiger partial charge in [-0.3, -0.25) is 14.8 Å². The summed E-state index contributed by atoms with van der Waals surface area (Å²) in [6.45, 7) is 8.01. The third-order valence-corrected chi connectivity index (χ3v) is 5.32. The van der Waals surface area contributed by atoms with Crippen molar-refractivity contribution in [2.24, 2.45) is 4.99 Å². The standard InChI is InChI=1S/C18H27N5O2.HI/c1-19-18(20-10-15-12-22-5-7-23(15)8-6-22)21(2)11-14-3-4-16-17(9-14)25-13-24-16;/h3-4,9,15H,5-8,10-13H2,1-2H3,(H,19,20);1H. The molecule has 1 aromatic rings. The van der Waals surface area contributed by atoms with Gasteiger partial charge in [-0.1, -0.05) is 6.07 Å². The lowest BCUT2D eigenvalue weighted by molar-refractivity contribution is 0.0152. The van der Waals surface area contributed by atoms with Gasteiger partial charge in [-0.05, 0) is 17.7 Å². The van der Waals surface area contributed by atoms with Gasteiger partial charge in [0.05, 0.1) is 0 Å². The molecule has 1 unspecified atom stereocenters. The average Bonchev–Trinajstić information content (AvgIpc) is 3.11. The first kappa shape index (κ1) is 19.5. The second-order valence-corrected chi connectivity index (χ2v) is 6.96. The lowest BCUT2D eigenvalue weighted by Gasteiger charge is -2.47. The third kappa shape index (κ3) is 4.17. The van der Waals surface area contributed by atoms with E-state index < -0.39 is 0 Å². The van der Waals surface area contributed by atoms with Crippen molar-refractivity contribution in [1.29, 1.82) is 0 Å². The van der Waals surface area contributed by atoms with E-state index in [1.807, 2.05) is 19.2 Å². The Kier molecular flexibility index (Phi) is 6.46. The summed E-state index contributed by atoms with van der Waals surface area (Å²) < 4.78 is 10.8. The zero-order chi connectivity index (χ0) is 17.2. The van der Waals surface area contributed by atoms with Crippen molar-refractivity contribution in [3.05, 3.63) is 23.8 Å². The zero-order valence-corrected chi connectivity index (χ0v) is 17.8. The predicted octanol–water partition coefficient (Wildman–Crippen LogP) is 1.04. The summed E-state index contributed by atoms with van der Waals surface area (Å²) in [5.41, 5.74) is 1.18. The molecule has 1 atom stereocenters. The summed E-state index contributed by atoms with van der Waals surface area (Å²) in [4.78, 5) is 11.7. The highest BCUT2D eigenvalue weighted by Crippen LogP contribution is 2.32. The monoisotopic (exact) mass is 473 g/mol. The van der Waals surface area contributed by atoms with Gasteiger partial charge in [0.1, 0.15) is 0 Å². The van der Waals surface area contributed by atoms with Gasteiger partial charge in [-0.25, -0.2) is 0 Å². The molecule has 144 valence electrons. The van der Waals surface area contributed by atoms with Crippen LogP contribution in [0.4, 0.5) is 0 Å². The van der Waals surface area contributed by atoms with Gasteiger partial charge in [0.2, 0.25) is 6.79 Å². The minimum absolute atomic E-state index is 0. The second-order valence-electron chi connectivity index (χ2n) is 6.96. The minimum atomic E-state index is 0. The maximum atomic E-state index is 5.47. The molecule has 0 saturated carbocycles. The normalized spacial score (nSPS) is 26.4. The summed E-state index contributed by atoms with van der Waals surface area (Å²) in [6, 6.07) is 6.68. The van der Waals surface area contributed by atoms with E-state index in [2.05, 4.69) is 38.1 Å². The summed E-state index contributed by atoms with van der Waals surface area (Å²) in [6.07, 6.45) is 0. The van der Waals surface area contributed by atoms with Crippen LogP contribution in [0.25, 0.3) is 0 Å². The molecule has 7 nitrogen and oxygen atoms in total. The van der Waals surface area contributed by atoms with E-state index in [0.717, 1.165) is 37.1 Å². The van der Waals surface area contributed by atoms with Gasteiger partial charge in [0, 0.05) is 66.0 Å². The lowest BCUT2D eigenvalue weighted by Crippen LogP contribution is -2.63. The molecule has 0 aromatic heterocycles. The van der Waals surface area contributed by atoms with E-state index in [9.17, 15) is 0 Å². The van der Waals surface area contributed by atoms with Crippen molar-refractivity contribution < 1.29 is 9.47 Å². The SMILES string of the molecule is CN=C(NCC1CN2CCN1CC2)N(C)Cc1ccc2c(c1)OCO2.I. The number of nitrogens with zero attached hydrogens (tertiary/aromatic N) is 4. The molecule has 0 spiro atoms. The highest BCUT2D eigenvalue weighted by molar-refractivity contribution is 14.0. The molecule has 3 fully saturated rings. The fourth-order valence-electron chi connectivity index (χ4n) is 3.90. The van der Waals surface area contributed by atoms with Gasteiger partial charge in [-0.2, -0.15) is 0 Å². The summed E-state index contributed by atoms with van der Waals surface area (Å²) >= 11 is 0. The topological polar surface area (TPSA) is 52.6 Å². The molecule has 1 aromatic carbocycles. The molecule has 4 heterocycles. The number of guanidine groups is 1. The van der Waals surface area contributed by atoms with Gasteiger partial charge in [-0.15, -0.1) is 24.0 Å². The number of benzene rings is 1. The van der Waals surface area contributed by atoms with E-state index in [1.54, 1.807) is 0 Å². The first-order valence-electron chi connectivity index (χ1n) is 8.99. The first-order valence-corrected chi connectivity index (χ1v) is 8.99. The second kappa shape index (κ2) is 8.62. The summed E-state index contributed by atoms with van der Waals surface area (Å²) in [5.74, 6) is 2.58. The molecule has 0 amide bonds. The van der Waals surface area contributed by atoms with Crippen molar-refractivity contribution in [1.82, 2.24) is 20.0 Å². The van der Waals surface area contributed by atoms with Crippen molar-refractivity contribution in [2.75, 3.05) is 60.2 Å². The first-order chi connectivity index (χ1) is 12.2. The molecule has 0 radical (unpaired) electrons. The minimum Gasteiger partial charge on any atom is -0.454 e. The number of nitrogens with one attached hydrogen (secondary N) is 1. The summed E-state index contributed by atoms with van der Waals surface area (Å²) in [5, 5.41) is 3.55. The Hall–Kier alpha value is -1.26. The van der Waals surface area contributed by atoms with Crippen LogP contribution in [0.5, 0.6) is 11.5 Å². The van der Waals surface area contributed by atoms with Crippen molar-refractivity contribution >= 4 is 29.9 Å². The third-order valence-electron chi connectivity index (χ3n) is 5.32. The van der Waals surface area contributed by atoms with E-state index in [4.69, 9.17) is 9.47 Å². The molecule has 4 aliphatic rings. The van der Waals surface area contributed by atoms with Crippen LogP contribution in [0.15, 0.2) is 23.2 Å². The maximum Gasteiger partial charge on any atom is 0.231 e. The van der Waals surface area contributed by atoms with E-state index in [0.29, 0.717) is 12.8 Å². The molecular weight excluding hydrogens is 445 g/mol. The van der Waals surface area contributed by atoms with Gasteiger partial charge >= 0.3 is 0 Å². The number of aliphatic imine (C=N–C) groups is 1. The van der Waals surface area contributed by atoms with E-state index >= 15 is 0 Å². The van der Waals surface area contributed by atoms with Crippen LogP contribution in [-0.2, 0) is 6.54 Å². The Morgan fingerprint density at radius 3 is 2.69 bits per heavy atom. The Morgan fingerprint density at radius 1 is 1.23 bits per heavy atom. The fraction of sp³-hybridized carbons (Fsp3) is 0.611. The van der Waals surface area contributed by atoms with Gasteiger partial charge < -0.3 is 19.7 Å². The number of hydrogen-bond donors (Lipinski definition) is 1. The van der Waals surface area contributed by atoms with Crippen molar-refractivity contribution in [2.45, 2.75) is 12.6 Å². The van der Waals surface area contributed by atoms with Crippen LogP contribution in [0, 0.1) is 0 Å². The highest BCUT2D eigenvalue weighted by Gasteiger charge is 2.31. The molecule has 26 heavy (non-hydrogen) atoms. The molecule has 0 aliphatic carbocycles. The van der Waals surface area contributed by atoms with E-state index in [-0.39, 0.29) is 24.0 Å². The summed E-state index contributed by atoms with van der Waals surface area (Å²) in [7, 11) is 3.91. The average molecular weight is 473 g/mol. The highest BCUT2D eigenvalue weighted by atomic mass is 127. The van der Waals surface area contributed by atoms with Crippen molar-refractivity contribution in [3.8, 4) is 11.5 Å². The van der Waals surface area contributed by atoms with Gasteiger partial charge in [0.25, 0.3) is 0 Å². The molecule has 3 saturated heterocycles. The van der Waals surface area contributed by atoms with Crippen LogP contribution in [0.2, 0.25) is 0 Å². The Morgan fingerprint density at radius 2 is 2.00 bits per heavy atom. The van der Waals surface area contributed by atoms with Crippen LogP contribution >= 0.6 is 24.0 Å². The molecule has 5 rings (SSSR count). The van der Waals surface area contributed by atoms with Crippen molar-refractivity contribution in [3.63, 3.8) is 0 Å². The molecule has 1 N–H and O–H groups in total. The zero-order valence-electron chi connectivity index (χ0n) is 15.5. The van der Waals surface area contributed by atoms with Gasteiger partial charge in [0.15, 0.2) is 17.5 Å². The quantitative estimate of drug-likeness (QED) is 0.401. The lowest BCUT2D eigenvalue weighted by atomic mass is 10.1. The number of rotatable bonds is 4. The smallest absolute Gasteiger partial charge is 0.231 e. The Labute approximate surface area is 172 Å². The van der Waals surface area contributed by atoms with Crippen LogP contribution in [0.1, 0.15) is 5.56 Å². The molecule has 2 bridgehead atoms. The molecule has 4 aliphatic heterocycles. The number of ether oxygens (including phenoxy) is 2. The van der Waals surface area contributed by atoms with E-state index in [1.165, 1.54) is 31.7 Å². The number of piperazine rings is 3. The number of hydrogen-bond acceptors (Lipinski definition) is 5. The molecule has 8 heteroatoms. The number of halogens is 1. The molecular formula is C18H28IN5O2. The Balaban J connectivity index is 0.00000196. The van der Waals surface area contributed by atoms with Crippen LogP contribution in [-0.4, -0.2) is 86.9 Å². The van der Waals surface area contributed by atoms with Crippen LogP contribution in [0.3, 0.4) is 0 Å². The fourth-order valence-corrected chi connectivity index (χ4v) is 3.90. The van der Waals surface area contributed by atoms with Crippen LogP contribution < -0.4 is 14.8 Å². The largest absolute Gasteiger partial charge is 0.454 e.